The average Bonchev–Trinajstić information content (AvgIpc) is 3.10. The maximum absolute atomic E-state index is 13.1. The standard InChI is InChI=1S/C23H23NO4/c1-3-15-9-11-16(12-10-15)24-19-14-28-23(26)22(19)18(13-21(24)25)17-7-5-6-8-20(17)27-4-2/h5-12,18H,3-4,13-14H2,1-2H3/t18-/m0/s1. The zero-order valence-corrected chi connectivity index (χ0v) is 16.1. The first-order valence-electron chi connectivity index (χ1n) is 9.67. The summed E-state index contributed by atoms with van der Waals surface area (Å²) in [5.74, 6) is -0.0481. The molecule has 2 aromatic rings. The Bertz CT molecular complexity index is 945. The number of esters is 1. The van der Waals surface area contributed by atoms with Crippen molar-refractivity contribution in [3.8, 4) is 5.75 Å². The van der Waals surface area contributed by atoms with Gasteiger partial charge in [-0.1, -0.05) is 37.3 Å². The molecular formula is C23H23NO4. The van der Waals surface area contributed by atoms with E-state index in [0.29, 0.717) is 23.6 Å². The first-order valence-corrected chi connectivity index (χ1v) is 9.67. The van der Waals surface area contributed by atoms with E-state index in [1.165, 1.54) is 5.56 Å². The summed E-state index contributed by atoms with van der Waals surface area (Å²) < 4.78 is 11.1. The van der Waals surface area contributed by atoms with Crippen molar-refractivity contribution in [3.05, 3.63) is 70.9 Å². The summed E-state index contributed by atoms with van der Waals surface area (Å²) in [6, 6.07) is 15.5. The third-order valence-corrected chi connectivity index (χ3v) is 5.31. The predicted octanol–water partition coefficient (Wildman–Crippen LogP) is 3.98. The summed E-state index contributed by atoms with van der Waals surface area (Å²) >= 11 is 0. The van der Waals surface area contributed by atoms with Crippen LogP contribution in [0.3, 0.4) is 0 Å². The van der Waals surface area contributed by atoms with E-state index < -0.39 is 0 Å². The van der Waals surface area contributed by atoms with Gasteiger partial charge in [0.25, 0.3) is 0 Å². The minimum Gasteiger partial charge on any atom is -0.494 e. The Labute approximate surface area is 164 Å². The summed E-state index contributed by atoms with van der Waals surface area (Å²) in [7, 11) is 0. The second-order valence-electron chi connectivity index (χ2n) is 6.91. The number of nitrogens with zero attached hydrogens (tertiary/aromatic N) is 1. The van der Waals surface area contributed by atoms with Crippen molar-refractivity contribution in [1.82, 2.24) is 0 Å². The fourth-order valence-electron chi connectivity index (χ4n) is 3.96. The second-order valence-corrected chi connectivity index (χ2v) is 6.91. The number of hydrogen-bond acceptors (Lipinski definition) is 4. The Morgan fingerprint density at radius 3 is 2.54 bits per heavy atom. The minimum absolute atomic E-state index is 0.0439. The number of carbonyl (C=O) groups excluding carboxylic acids is 2. The predicted molar refractivity (Wildman–Crippen MR) is 106 cm³/mol. The lowest BCUT2D eigenvalue weighted by Crippen LogP contribution is -2.37. The van der Waals surface area contributed by atoms with E-state index in [9.17, 15) is 9.59 Å². The van der Waals surface area contributed by atoms with E-state index in [2.05, 4.69) is 6.92 Å². The van der Waals surface area contributed by atoms with Gasteiger partial charge in [0.15, 0.2) is 0 Å². The minimum atomic E-state index is -0.355. The molecule has 0 aromatic heterocycles. The van der Waals surface area contributed by atoms with Gasteiger partial charge in [0.2, 0.25) is 5.91 Å². The molecule has 2 heterocycles. The normalized spacial score (nSPS) is 18.9. The molecule has 5 nitrogen and oxygen atoms in total. The fraction of sp³-hybridized carbons (Fsp3) is 0.304. The highest BCUT2D eigenvalue weighted by atomic mass is 16.5. The van der Waals surface area contributed by atoms with Crippen LogP contribution in [0.25, 0.3) is 0 Å². The summed E-state index contributed by atoms with van der Waals surface area (Å²) in [6.45, 7) is 4.64. The van der Waals surface area contributed by atoms with Crippen LogP contribution >= 0.6 is 0 Å². The monoisotopic (exact) mass is 377 g/mol. The maximum atomic E-state index is 13.1. The Kier molecular flexibility index (Phi) is 4.90. The van der Waals surface area contributed by atoms with Gasteiger partial charge >= 0.3 is 5.97 Å². The van der Waals surface area contributed by atoms with E-state index in [0.717, 1.165) is 17.7 Å². The highest BCUT2D eigenvalue weighted by Crippen LogP contribution is 2.44. The lowest BCUT2D eigenvalue weighted by atomic mass is 9.83. The van der Waals surface area contributed by atoms with Crippen molar-refractivity contribution >= 4 is 17.6 Å². The average molecular weight is 377 g/mol. The molecule has 0 saturated carbocycles. The van der Waals surface area contributed by atoms with Gasteiger partial charge in [-0.3, -0.25) is 9.69 Å². The Morgan fingerprint density at radius 2 is 1.82 bits per heavy atom. The van der Waals surface area contributed by atoms with Crippen LogP contribution in [0.4, 0.5) is 5.69 Å². The van der Waals surface area contributed by atoms with Gasteiger partial charge < -0.3 is 9.47 Å². The number of rotatable bonds is 5. The van der Waals surface area contributed by atoms with Crippen molar-refractivity contribution < 1.29 is 19.1 Å². The molecule has 144 valence electrons. The molecule has 0 saturated heterocycles. The van der Waals surface area contributed by atoms with Crippen molar-refractivity contribution in [1.29, 1.82) is 0 Å². The fourth-order valence-corrected chi connectivity index (χ4v) is 3.96. The molecule has 0 bridgehead atoms. The SMILES string of the molecule is CCOc1ccccc1[C@@H]1CC(=O)N(c2ccc(CC)cc2)C2=C1C(=O)OC2. The van der Waals surface area contributed by atoms with Crippen molar-refractivity contribution in [2.45, 2.75) is 32.6 Å². The number of ether oxygens (including phenoxy) is 2. The quantitative estimate of drug-likeness (QED) is 0.740. The van der Waals surface area contributed by atoms with E-state index >= 15 is 0 Å². The lowest BCUT2D eigenvalue weighted by Gasteiger charge is -2.32. The number of amides is 1. The number of para-hydroxylation sites is 1. The summed E-state index contributed by atoms with van der Waals surface area (Å²) in [5, 5.41) is 0. The van der Waals surface area contributed by atoms with Crippen molar-refractivity contribution in [2.75, 3.05) is 18.1 Å². The Morgan fingerprint density at radius 1 is 1.07 bits per heavy atom. The molecule has 0 aliphatic carbocycles. The number of anilines is 1. The molecule has 1 amide bonds. The van der Waals surface area contributed by atoms with Crippen LogP contribution in [0.2, 0.25) is 0 Å². The first kappa shape index (κ1) is 18.3. The lowest BCUT2D eigenvalue weighted by molar-refractivity contribution is -0.136. The van der Waals surface area contributed by atoms with Crippen LogP contribution in [-0.4, -0.2) is 25.1 Å². The number of cyclic esters (lactones) is 1. The van der Waals surface area contributed by atoms with Crippen molar-refractivity contribution in [3.63, 3.8) is 0 Å². The van der Waals surface area contributed by atoms with Gasteiger partial charge in [0, 0.05) is 23.6 Å². The van der Waals surface area contributed by atoms with Crippen LogP contribution in [-0.2, 0) is 20.7 Å². The number of hydrogen-bond donors (Lipinski definition) is 0. The van der Waals surface area contributed by atoms with Crippen molar-refractivity contribution in [2.24, 2.45) is 0 Å². The molecule has 1 atom stereocenters. The molecule has 2 aromatic carbocycles. The number of benzene rings is 2. The van der Waals surface area contributed by atoms with E-state index in [-0.39, 0.29) is 30.8 Å². The molecular weight excluding hydrogens is 354 g/mol. The summed E-state index contributed by atoms with van der Waals surface area (Å²) in [5.41, 5.74) is 4.02. The molecule has 0 N–H and O–H groups in total. The molecule has 0 radical (unpaired) electrons. The third kappa shape index (κ3) is 3.07. The van der Waals surface area contributed by atoms with Gasteiger partial charge in [-0.05, 0) is 37.1 Å². The third-order valence-electron chi connectivity index (χ3n) is 5.31. The van der Waals surface area contributed by atoms with Crippen LogP contribution in [0.5, 0.6) is 5.75 Å². The molecule has 0 spiro atoms. The van der Waals surface area contributed by atoms with Crippen LogP contribution < -0.4 is 9.64 Å². The van der Waals surface area contributed by atoms with Crippen LogP contribution in [0.15, 0.2) is 59.8 Å². The van der Waals surface area contributed by atoms with Gasteiger partial charge in [-0.25, -0.2) is 4.79 Å². The zero-order valence-electron chi connectivity index (χ0n) is 16.1. The molecule has 0 fully saturated rings. The molecule has 5 heteroatoms. The largest absolute Gasteiger partial charge is 0.494 e. The maximum Gasteiger partial charge on any atom is 0.336 e. The van der Waals surface area contributed by atoms with E-state index in [1.807, 2.05) is 55.5 Å². The summed E-state index contributed by atoms with van der Waals surface area (Å²) in [4.78, 5) is 27.4. The topological polar surface area (TPSA) is 55.8 Å². The van der Waals surface area contributed by atoms with Crippen LogP contribution in [0, 0.1) is 0 Å². The highest BCUT2D eigenvalue weighted by molar-refractivity contribution is 6.06. The van der Waals surface area contributed by atoms with Gasteiger partial charge in [0.1, 0.15) is 12.4 Å². The smallest absolute Gasteiger partial charge is 0.336 e. The summed E-state index contributed by atoms with van der Waals surface area (Å²) in [6.07, 6.45) is 1.13. The molecule has 2 aliphatic heterocycles. The van der Waals surface area contributed by atoms with Gasteiger partial charge in [-0.15, -0.1) is 0 Å². The van der Waals surface area contributed by atoms with E-state index in [4.69, 9.17) is 9.47 Å². The van der Waals surface area contributed by atoms with E-state index in [1.54, 1.807) is 4.90 Å². The molecule has 4 rings (SSSR count). The molecule has 28 heavy (non-hydrogen) atoms. The van der Waals surface area contributed by atoms with Gasteiger partial charge in [0.05, 0.1) is 17.9 Å². The Balaban J connectivity index is 1.80. The second kappa shape index (κ2) is 7.50. The Hall–Kier alpha value is -3.08. The first-order chi connectivity index (χ1) is 13.6. The van der Waals surface area contributed by atoms with Gasteiger partial charge in [-0.2, -0.15) is 0 Å². The number of aryl methyl sites for hydroxylation is 1. The van der Waals surface area contributed by atoms with Crippen LogP contribution in [0.1, 0.15) is 37.3 Å². The highest BCUT2D eigenvalue weighted by Gasteiger charge is 2.43. The number of carbonyl (C=O) groups is 2. The molecule has 2 aliphatic rings. The zero-order chi connectivity index (χ0) is 19.7. The molecule has 0 unspecified atom stereocenters.